The van der Waals surface area contributed by atoms with E-state index < -0.39 is 0 Å². The predicted octanol–water partition coefficient (Wildman–Crippen LogP) is 5.52. The number of benzene rings is 1. The number of aryl methyl sites for hydroxylation is 1. The minimum atomic E-state index is 0.296. The normalized spacial score (nSPS) is 10.1. The molecule has 1 aromatic carbocycles. The summed E-state index contributed by atoms with van der Waals surface area (Å²) in [5.41, 5.74) is 1.59. The van der Waals surface area contributed by atoms with Gasteiger partial charge in [-0.3, -0.25) is 0 Å². The summed E-state index contributed by atoms with van der Waals surface area (Å²) in [5, 5.41) is 19.2. The third-order valence-corrected chi connectivity index (χ3v) is 4.09. The predicted molar refractivity (Wildman–Crippen MR) is 99.9 cm³/mol. The lowest BCUT2D eigenvalue weighted by molar-refractivity contribution is 0.296. The molecule has 0 radical (unpaired) electrons. The first-order chi connectivity index (χ1) is 12.2. The van der Waals surface area contributed by atoms with Crippen molar-refractivity contribution in [2.24, 2.45) is 0 Å². The fraction of sp³-hybridized carbons (Fsp3) is 0.619. The van der Waals surface area contributed by atoms with E-state index in [2.05, 4.69) is 32.9 Å². The van der Waals surface area contributed by atoms with Gasteiger partial charge in [0.1, 0.15) is 34.8 Å². The molecule has 0 amide bonds. The van der Waals surface area contributed by atoms with Gasteiger partial charge < -0.3 is 9.47 Å². The Morgan fingerprint density at radius 3 is 1.96 bits per heavy atom. The minimum Gasteiger partial charge on any atom is -0.492 e. The summed E-state index contributed by atoms with van der Waals surface area (Å²) in [7, 11) is 0. The first-order valence-corrected chi connectivity index (χ1v) is 9.49. The zero-order valence-electron chi connectivity index (χ0n) is 15.9. The van der Waals surface area contributed by atoms with Crippen LogP contribution < -0.4 is 9.47 Å². The zero-order chi connectivity index (χ0) is 18.5. The molecule has 0 heterocycles. The van der Waals surface area contributed by atoms with E-state index in [1.165, 1.54) is 0 Å². The van der Waals surface area contributed by atoms with Gasteiger partial charge in [0.2, 0.25) is 0 Å². The van der Waals surface area contributed by atoms with Crippen LogP contribution in [0.15, 0.2) is 6.07 Å². The molecule has 0 aliphatic carbocycles. The number of unbranched alkanes of at least 4 members (excludes halogenated alkanes) is 4. The van der Waals surface area contributed by atoms with Crippen LogP contribution in [0.1, 0.15) is 82.4 Å². The SMILES string of the molecule is CCCCCc1cc(OCCCC)c(C#N)c(C#N)c1OCCCC. The molecule has 136 valence electrons. The number of ether oxygens (including phenoxy) is 2. The Balaban J connectivity index is 3.24. The lowest BCUT2D eigenvalue weighted by Gasteiger charge is -2.17. The Kier molecular flexibility index (Phi) is 10.2. The van der Waals surface area contributed by atoms with E-state index in [9.17, 15) is 10.5 Å². The van der Waals surface area contributed by atoms with Gasteiger partial charge in [-0.05, 0) is 37.3 Å². The first-order valence-electron chi connectivity index (χ1n) is 9.49. The highest BCUT2D eigenvalue weighted by molar-refractivity contribution is 5.63. The second kappa shape index (κ2) is 12.2. The Hall–Kier alpha value is -2.20. The molecule has 1 rings (SSSR count). The smallest absolute Gasteiger partial charge is 0.141 e. The van der Waals surface area contributed by atoms with Crippen molar-refractivity contribution in [2.45, 2.75) is 72.1 Å². The van der Waals surface area contributed by atoms with Crippen molar-refractivity contribution in [2.75, 3.05) is 13.2 Å². The van der Waals surface area contributed by atoms with E-state index in [0.29, 0.717) is 35.8 Å². The molecule has 25 heavy (non-hydrogen) atoms. The van der Waals surface area contributed by atoms with Crippen LogP contribution in [-0.2, 0) is 6.42 Å². The van der Waals surface area contributed by atoms with Gasteiger partial charge in [-0.1, -0.05) is 46.5 Å². The fourth-order valence-corrected chi connectivity index (χ4v) is 2.59. The van der Waals surface area contributed by atoms with Crippen LogP contribution in [0.4, 0.5) is 0 Å². The average molecular weight is 342 g/mol. The Bertz CT molecular complexity index is 612. The lowest BCUT2D eigenvalue weighted by Crippen LogP contribution is -2.07. The molecule has 0 aromatic heterocycles. The van der Waals surface area contributed by atoms with Gasteiger partial charge in [-0.2, -0.15) is 10.5 Å². The van der Waals surface area contributed by atoms with Crippen molar-refractivity contribution in [3.8, 4) is 23.6 Å². The maximum absolute atomic E-state index is 9.64. The van der Waals surface area contributed by atoms with E-state index in [4.69, 9.17) is 9.47 Å². The van der Waals surface area contributed by atoms with Crippen LogP contribution in [0.25, 0.3) is 0 Å². The summed E-state index contributed by atoms with van der Waals surface area (Å²) in [5.74, 6) is 1.09. The summed E-state index contributed by atoms with van der Waals surface area (Å²) in [6.07, 6.45) is 8.02. The topological polar surface area (TPSA) is 66.0 Å². The standard InChI is InChI=1S/C21H30N2O2/c1-4-7-10-11-17-14-20(24-12-8-5-2)18(15-22)19(16-23)21(17)25-13-9-6-3/h14H,4-13H2,1-3H3. The van der Waals surface area contributed by atoms with Gasteiger partial charge in [-0.25, -0.2) is 0 Å². The van der Waals surface area contributed by atoms with E-state index >= 15 is 0 Å². The lowest BCUT2D eigenvalue weighted by atomic mass is 9.98. The summed E-state index contributed by atoms with van der Waals surface area (Å²) in [6, 6.07) is 6.22. The molecule has 0 atom stereocenters. The number of hydrogen-bond donors (Lipinski definition) is 0. The van der Waals surface area contributed by atoms with E-state index in [1.807, 2.05) is 6.07 Å². The highest BCUT2D eigenvalue weighted by Gasteiger charge is 2.20. The van der Waals surface area contributed by atoms with Gasteiger partial charge in [0.15, 0.2) is 0 Å². The van der Waals surface area contributed by atoms with Crippen LogP contribution in [-0.4, -0.2) is 13.2 Å². The Morgan fingerprint density at radius 2 is 1.40 bits per heavy atom. The van der Waals surface area contributed by atoms with Crippen molar-refractivity contribution in [3.63, 3.8) is 0 Å². The van der Waals surface area contributed by atoms with E-state index in [1.54, 1.807) is 0 Å². The molecule has 0 aliphatic heterocycles. The van der Waals surface area contributed by atoms with Gasteiger partial charge in [0, 0.05) is 0 Å². The van der Waals surface area contributed by atoms with Crippen LogP contribution in [0.3, 0.4) is 0 Å². The van der Waals surface area contributed by atoms with Crippen molar-refractivity contribution in [3.05, 3.63) is 22.8 Å². The van der Waals surface area contributed by atoms with Crippen molar-refractivity contribution < 1.29 is 9.47 Å². The fourth-order valence-electron chi connectivity index (χ4n) is 2.59. The van der Waals surface area contributed by atoms with Crippen LogP contribution >= 0.6 is 0 Å². The summed E-state index contributed by atoms with van der Waals surface area (Å²) >= 11 is 0. The van der Waals surface area contributed by atoms with Gasteiger partial charge >= 0.3 is 0 Å². The van der Waals surface area contributed by atoms with Crippen LogP contribution in [0.2, 0.25) is 0 Å². The number of hydrogen-bond acceptors (Lipinski definition) is 4. The molecule has 4 heteroatoms. The second-order valence-electron chi connectivity index (χ2n) is 6.20. The van der Waals surface area contributed by atoms with Crippen molar-refractivity contribution in [1.29, 1.82) is 10.5 Å². The third kappa shape index (κ3) is 6.31. The summed E-state index contributed by atoms with van der Waals surface area (Å²) < 4.78 is 11.7. The van der Waals surface area contributed by atoms with Gasteiger partial charge in [0.05, 0.1) is 13.2 Å². The molecule has 0 fully saturated rings. The van der Waals surface area contributed by atoms with Crippen molar-refractivity contribution >= 4 is 0 Å². The average Bonchev–Trinajstić information content (AvgIpc) is 2.63. The monoisotopic (exact) mass is 342 g/mol. The molecular weight excluding hydrogens is 312 g/mol. The van der Waals surface area contributed by atoms with Gasteiger partial charge in [-0.15, -0.1) is 0 Å². The first kappa shape index (κ1) is 20.8. The number of rotatable bonds is 12. The van der Waals surface area contributed by atoms with E-state index in [0.717, 1.165) is 56.9 Å². The molecular formula is C21H30N2O2. The molecule has 1 aromatic rings. The minimum absolute atomic E-state index is 0.296. The van der Waals surface area contributed by atoms with Crippen LogP contribution in [0.5, 0.6) is 11.5 Å². The highest BCUT2D eigenvalue weighted by atomic mass is 16.5. The largest absolute Gasteiger partial charge is 0.492 e. The molecule has 0 bridgehead atoms. The summed E-state index contributed by atoms with van der Waals surface area (Å²) in [6.45, 7) is 7.48. The molecule has 0 unspecified atom stereocenters. The molecule has 0 N–H and O–H groups in total. The van der Waals surface area contributed by atoms with Crippen LogP contribution in [0, 0.1) is 22.7 Å². The summed E-state index contributed by atoms with van der Waals surface area (Å²) in [4.78, 5) is 0. The number of nitriles is 2. The zero-order valence-corrected chi connectivity index (χ0v) is 15.9. The molecule has 0 saturated heterocycles. The maximum atomic E-state index is 9.64. The Labute approximate surface area is 152 Å². The quantitative estimate of drug-likeness (QED) is 0.469. The number of nitrogens with zero attached hydrogens (tertiary/aromatic N) is 2. The molecule has 4 nitrogen and oxygen atoms in total. The second-order valence-corrected chi connectivity index (χ2v) is 6.20. The molecule has 0 saturated carbocycles. The maximum Gasteiger partial charge on any atom is 0.141 e. The molecule has 0 aliphatic rings. The Morgan fingerprint density at radius 1 is 0.800 bits per heavy atom. The third-order valence-electron chi connectivity index (χ3n) is 4.09. The molecule has 0 spiro atoms. The van der Waals surface area contributed by atoms with Crippen molar-refractivity contribution in [1.82, 2.24) is 0 Å². The van der Waals surface area contributed by atoms with Gasteiger partial charge in [0.25, 0.3) is 0 Å². The van der Waals surface area contributed by atoms with E-state index in [-0.39, 0.29) is 0 Å². The highest BCUT2D eigenvalue weighted by Crippen LogP contribution is 2.35.